The molecule has 8 nitrogen and oxygen atoms in total. The number of carbonyl (C=O) groups is 2. The molecule has 0 aliphatic heterocycles. The van der Waals surface area contributed by atoms with Gasteiger partial charge in [-0.3, -0.25) is 4.79 Å². The number of benzene rings is 1. The van der Waals surface area contributed by atoms with Crippen LogP contribution in [0, 0.1) is 5.92 Å². The number of nitrogens with zero attached hydrogens (tertiary/aromatic N) is 3. The molecule has 35 heavy (non-hydrogen) atoms. The lowest BCUT2D eigenvalue weighted by Gasteiger charge is -2.09. The average molecular weight is 515 g/mol. The van der Waals surface area contributed by atoms with E-state index in [1.807, 2.05) is 35.9 Å². The van der Waals surface area contributed by atoms with Gasteiger partial charge in [0, 0.05) is 17.5 Å². The summed E-state index contributed by atoms with van der Waals surface area (Å²) in [7, 11) is 1.88. The van der Waals surface area contributed by atoms with Crippen molar-refractivity contribution >= 4 is 40.0 Å². The first-order valence-electron chi connectivity index (χ1n) is 11.7. The van der Waals surface area contributed by atoms with E-state index in [0.717, 1.165) is 41.0 Å². The van der Waals surface area contributed by atoms with Crippen LogP contribution in [0.2, 0.25) is 0 Å². The first-order valence-corrected chi connectivity index (χ1v) is 13.5. The fourth-order valence-corrected chi connectivity index (χ4v) is 5.86. The number of anilines is 1. The van der Waals surface area contributed by atoms with Crippen LogP contribution in [0.15, 0.2) is 29.4 Å². The molecule has 2 aromatic heterocycles. The van der Waals surface area contributed by atoms with Gasteiger partial charge < -0.3 is 19.4 Å². The molecule has 1 amide bonds. The van der Waals surface area contributed by atoms with E-state index in [0.29, 0.717) is 40.7 Å². The van der Waals surface area contributed by atoms with Gasteiger partial charge >= 0.3 is 5.97 Å². The third-order valence-electron chi connectivity index (χ3n) is 5.52. The molecule has 10 heteroatoms. The standard InChI is InChI=1S/C25H30N4O4S2/c1-5-32-24(31)21-18-7-6-8-19(18)35-23(21)26-20(30)14-34-25-28-27-22(29(25)4)16-9-11-17(12-10-16)33-13-15(2)3/h9-12,15H,5-8,13-14H2,1-4H3,(H,26,30). The van der Waals surface area contributed by atoms with Gasteiger partial charge in [0.15, 0.2) is 11.0 Å². The number of rotatable bonds is 10. The molecule has 1 aromatic carbocycles. The Bertz CT molecular complexity index is 1200. The Labute approximate surface area is 213 Å². The number of carbonyl (C=O) groups excluding carboxylic acids is 2. The topological polar surface area (TPSA) is 95.3 Å². The van der Waals surface area contributed by atoms with Gasteiger partial charge in [-0.15, -0.1) is 21.5 Å². The number of nitrogens with one attached hydrogen (secondary N) is 1. The molecular weight excluding hydrogens is 484 g/mol. The summed E-state index contributed by atoms with van der Waals surface area (Å²) in [6.45, 7) is 6.97. The Kier molecular flexibility index (Phi) is 8.12. The highest BCUT2D eigenvalue weighted by atomic mass is 32.2. The van der Waals surface area contributed by atoms with E-state index in [1.165, 1.54) is 23.1 Å². The lowest BCUT2D eigenvalue weighted by molar-refractivity contribution is -0.113. The third kappa shape index (κ3) is 5.87. The molecule has 3 aromatic rings. The molecule has 1 N–H and O–H groups in total. The van der Waals surface area contributed by atoms with Crippen molar-refractivity contribution in [3.63, 3.8) is 0 Å². The minimum Gasteiger partial charge on any atom is -0.493 e. The van der Waals surface area contributed by atoms with Crippen molar-refractivity contribution in [2.24, 2.45) is 13.0 Å². The molecule has 0 saturated heterocycles. The van der Waals surface area contributed by atoms with Gasteiger partial charge in [-0.25, -0.2) is 4.79 Å². The molecule has 4 rings (SSSR count). The predicted molar refractivity (Wildman–Crippen MR) is 138 cm³/mol. The maximum atomic E-state index is 12.7. The molecule has 186 valence electrons. The average Bonchev–Trinajstić information content (AvgIpc) is 3.51. The highest BCUT2D eigenvalue weighted by Gasteiger charge is 2.28. The van der Waals surface area contributed by atoms with E-state index >= 15 is 0 Å². The molecule has 0 spiro atoms. The highest BCUT2D eigenvalue weighted by molar-refractivity contribution is 7.99. The summed E-state index contributed by atoms with van der Waals surface area (Å²) in [5.41, 5.74) is 2.46. The molecule has 0 saturated carbocycles. The van der Waals surface area contributed by atoms with Crippen molar-refractivity contribution in [1.29, 1.82) is 0 Å². The van der Waals surface area contributed by atoms with E-state index in [1.54, 1.807) is 6.92 Å². The number of aryl methyl sites for hydroxylation is 1. The number of amides is 1. The molecule has 1 aliphatic rings. The second-order valence-corrected chi connectivity index (χ2v) is 10.8. The van der Waals surface area contributed by atoms with E-state index in [2.05, 4.69) is 29.4 Å². The monoisotopic (exact) mass is 514 g/mol. The molecule has 0 atom stereocenters. The summed E-state index contributed by atoms with van der Waals surface area (Å²) in [6.07, 6.45) is 2.81. The molecule has 0 unspecified atom stereocenters. The van der Waals surface area contributed by atoms with Crippen LogP contribution >= 0.6 is 23.1 Å². The maximum absolute atomic E-state index is 12.7. The molecule has 0 radical (unpaired) electrons. The van der Waals surface area contributed by atoms with Crippen LogP contribution in [0.3, 0.4) is 0 Å². The Morgan fingerprint density at radius 1 is 1.20 bits per heavy atom. The lowest BCUT2D eigenvalue weighted by atomic mass is 10.1. The lowest BCUT2D eigenvalue weighted by Crippen LogP contribution is -2.17. The van der Waals surface area contributed by atoms with Gasteiger partial charge in [0.1, 0.15) is 10.8 Å². The van der Waals surface area contributed by atoms with Gasteiger partial charge in [-0.1, -0.05) is 25.6 Å². The minimum absolute atomic E-state index is 0.152. The van der Waals surface area contributed by atoms with Gasteiger partial charge in [0.05, 0.1) is 24.5 Å². The summed E-state index contributed by atoms with van der Waals surface area (Å²) in [5.74, 6) is 1.58. The Morgan fingerprint density at radius 2 is 1.97 bits per heavy atom. The molecule has 0 bridgehead atoms. The summed E-state index contributed by atoms with van der Waals surface area (Å²) in [6, 6.07) is 7.75. The number of hydrogen-bond acceptors (Lipinski definition) is 8. The number of fused-ring (bicyclic) bond motifs is 1. The SMILES string of the molecule is CCOC(=O)c1c(NC(=O)CSc2nnc(-c3ccc(OCC(C)C)cc3)n2C)sc2c1CCC2. The Hall–Kier alpha value is -2.85. The minimum atomic E-state index is -0.367. The van der Waals surface area contributed by atoms with Crippen molar-refractivity contribution < 1.29 is 19.1 Å². The zero-order chi connectivity index (χ0) is 24.9. The van der Waals surface area contributed by atoms with Crippen molar-refractivity contribution in [3.05, 3.63) is 40.3 Å². The number of ether oxygens (including phenoxy) is 2. The van der Waals surface area contributed by atoms with Crippen LogP contribution < -0.4 is 10.1 Å². The van der Waals surface area contributed by atoms with Gasteiger partial charge in [0.2, 0.25) is 5.91 Å². The molecule has 0 fully saturated rings. The van der Waals surface area contributed by atoms with Crippen molar-refractivity contribution in [3.8, 4) is 17.1 Å². The summed E-state index contributed by atoms with van der Waals surface area (Å²) in [5, 5.41) is 12.7. The quantitative estimate of drug-likeness (QED) is 0.301. The van der Waals surface area contributed by atoms with E-state index < -0.39 is 0 Å². The molecule has 2 heterocycles. The van der Waals surface area contributed by atoms with Gasteiger partial charge in [-0.2, -0.15) is 0 Å². The smallest absolute Gasteiger partial charge is 0.341 e. The number of thiophene rings is 1. The summed E-state index contributed by atoms with van der Waals surface area (Å²) >= 11 is 2.78. The van der Waals surface area contributed by atoms with Gasteiger partial charge in [-0.05, 0) is 61.9 Å². The third-order valence-corrected chi connectivity index (χ3v) is 7.74. The summed E-state index contributed by atoms with van der Waals surface area (Å²) in [4.78, 5) is 26.4. The van der Waals surface area contributed by atoms with Crippen molar-refractivity contribution in [2.45, 2.75) is 45.2 Å². The zero-order valence-corrected chi connectivity index (χ0v) is 22.1. The largest absolute Gasteiger partial charge is 0.493 e. The molecular formula is C25H30N4O4S2. The molecule has 1 aliphatic carbocycles. The maximum Gasteiger partial charge on any atom is 0.341 e. The van der Waals surface area contributed by atoms with E-state index in [4.69, 9.17) is 9.47 Å². The first kappa shape index (κ1) is 25.2. The number of hydrogen-bond donors (Lipinski definition) is 1. The van der Waals surface area contributed by atoms with Crippen molar-refractivity contribution in [2.75, 3.05) is 24.3 Å². The first-order chi connectivity index (χ1) is 16.9. The number of esters is 1. The van der Waals surface area contributed by atoms with Crippen LogP contribution in [-0.2, 0) is 29.4 Å². The highest BCUT2D eigenvalue weighted by Crippen LogP contribution is 2.39. The zero-order valence-electron chi connectivity index (χ0n) is 20.4. The van der Waals surface area contributed by atoms with Crippen LogP contribution in [0.5, 0.6) is 5.75 Å². The normalized spacial score (nSPS) is 12.6. The fraction of sp³-hybridized carbons (Fsp3) is 0.440. The van der Waals surface area contributed by atoms with Crippen LogP contribution in [-0.4, -0.2) is 45.6 Å². The Morgan fingerprint density at radius 3 is 2.69 bits per heavy atom. The van der Waals surface area contributed by atoms with Gasteiger partial charge in [0.25, 0.3) is 0 Å². The van der Waals surface area contributed by atoms with Crippen LogP contribution in [0.1, 0.15) is 48.0 Å². The predicted octanol–water partition coefficient (Wildman–Crippen LogP) is 4.97. The number of thioether (sulfide) groups is 1. The Balaban J connectivity index is 1.39. The fourth-order valence-electron chi connectivity index (χ4n) is 3.86. The second-order valence-electron chi connectivity index (χ2n) is 8.71. The van der Waals surface area contributed by atoms with Crippen LogP contribution in [0.4, 0.5) is 5.00 Å². The number of aromatic nitrogens is 3. The second kappa shape index (κ2) is 11.3. The van der Waals surface area contributed by atoms with Crippen LogP contribution in [0.25, 0.3) is 11.4 Å². The van der Waals surface area contributed by atoms with E-state index in [9.17, 15) is 9.59 Å². The van der Waals surface area contributed by atoms with Crippen molar-refractivity contribution in [1.82, 2.24) is 14.8 Å². The summed E-state index contributed by atoms with van der Waals surface area (Å²) < 4.78 is 12.8. The van der Waals surface area contributed by atoms with E-state index in [-0.39, 0.29) is 17.6 Å².